The van der Waals surface area contributed by atoms with Crippen molar-refractivity contribution in [1.29, 1.82) is 0 Å². The average Bonchev–Trinajstić information content (AvgIpc) is 2.65. The second-order valence-corrected chi connectivity index (χ2v) is 4.17. The first-order chi connectivity index (χ1) is 7.18. The summed E-state index contributed by atoms with van der Waals surface area (Å²) in [4.78, 5) is 17.4. The number of nitrogens with one attached hydrogen (secondary N) is 1. The monoisotopic (exact) mass is 227 g/mol. The van der Waals surface area contributed by atoms with Crippen molar-refractivity contribution in [3.8, 4) is 0 Å². The third-order valence-corrected chi connectivity index (χ3v) is 3.18. The molecule has 2 heterocycles. The van der Waals surface area contributed by atoms with Crippen molar-refractivity contribution < 1.29 is 4.79 Å². The van der Waals surface area contributed by atoms with E-state index in [-0.39, 0.29) is 11.9 Å². The molecule has 0 saturated carbocycles. The van der Waals surface area contributed by atoms with Gasteiger partial charge in [0.25, 0.3) is 0 Å². The van der Waals surface area contributed by atoms with Gasteiger partial charge in [-0.1, -0.05) is 0 Å². The second kappa shape index (κ2) is 4.11. The van der Waals surface area contributed by atoms with Crippen LogP contribution in [0.1, 0.15) is 5.82 Å². The summed E-state index contributed by atoms with van der Waals surface area (Å²) in [5, 5.41) is 3.91. The zero-order chi connectivity index (χ0) is 10.8. The van der Waals surface area contributed by atoms with Crippen molar-refractivity contribution >= 4 is 22.6 Å². The number of primary amides is 1. The van der Waals surface area contributed by atoms with Crippen molar-refractivity contribution in [3.63, 3.8) is 0 Å². The van der Waals surface area contributed by atoms with Gasteiger partial charge in [0.2, 0.25) is 11.0 Å². The van der Waals surface area contributed by atoms with Gasteiger partial charge < -0.3 is 16.0 Å². The Morgan fingerprint density at radius 3 is 3.13 bits per heavy atom. The lowest BCUT2D eigenvalue weighted by Gasteiger charge is -2.33. The Morgan fingerprint density at radius 2 is 2.53 bits per heavy atom. The standard InChI is InChI=1S/C8H13N5OS/c1-5-11-8(15-12-5)13-3-2-10-4-6(13)7(9)14/h6,10H,2-4H2,1H3,(H2,9,14). The van der Waals surface area contributed by atoms with E-state index in [9.17, 15) is 4.79 Å². The minimum Gasteiger partial charge on any atom is -0.368 e. The second-order valence-electron chi connectivity index (χ2n) is 3.44. The normalized spacial score (nSPS) is 21.7. The van der Waals surface area contributed by atoms with Gasteiger partial charge in [-0.3, -0.25) is 4.79 Å². The van der Waals surface area contributed by atoms with Crippen LogP contribution in [0.3, 0.4) is 0 Å². The van der Waals surface area contributed by atoms with E-state index >= 15 is 0 Å². The lowest BCUT2D eigenvalue weighted by molar-refractivity contribution is -0.119. The van der Waals surface area contributed by atoms with Crippen LogP contribution < -0.4 is 16.0 Å². The molecule has 3 N–H and O–H groups in total. The van der Waals surface area contributed by atoms with Gasteiger partial charge in [0.1, 0.15) is 11.9 Å². The average molecular weight is 227 g/mol. The van der Waals surface area contributed by atoms with Gasteiger partial charge >= 0.3 is 0 Å². The van der Waals surface area contributed by atoms with E-state index in [1.54, 1.807) is 0 Å². The summed E-state index contributed by atoms with van der Waals surface area (Å²) in [6.45, 7) is 3.99. The highest BCUT2D eigenvalue weighted by Gasteiger charge is 2.28. The Hall–Kier alpha value is -1.21. The fourth-order valence-electron chi connectivity index (χ4n) is 1.59. The Labute approximate surface area is 91.6 Å². The van der Waals surface area contributed by atoms with Crippen LogP contribution in [0.25, 0.3) is 0 Å². The van der Waals surface area contributed by atoms with Crippen LogP contribution in [0.15, 0.2) is 0 Å². The van der Waals surface area contributed by atoms with Crippen LogP contribution in [0.4, 0.5) is 5.13 Å². The van der Waals surface area contributed by atoms with E-state index in [4.69, 9.17) is 5.73 Å². The molecule has 1 fully saturated rings. The molecule has 2 rings (SSSR count). The van der Waals surface area contributed by atoms with Gasteiger partial charge in [-0.25, -0.2) is 4.98 Å². The minimum absolute atomic E-state index is 0.314. The summed E-state index contributed by atoms with van der Waals surface area (Å²) in [6.07, 6.45) is 0. The topological polar surface area (TPSA) is 84.1 Å². The molecule has 82 valence electrons. The molecule has 1 aliphatic heterocycles. The van der Waals surface area contributed by atoms with E-state index in [0.717, 1.165) is 24.0 Å². The zero-order valence-electron chi connectivity index (χ0n) is 8.43. The van der Waals surface area contributed by atoms with Crippen molar-refractivity contribution in [1.82, 2.24) is 14.7 Å². The number of aryl methyl sites for hydroxylation is 1. The van der Waals surface area contributed by atoms with E-state index in [2.05, 4.69) is 14.7 Å². The number of amides is 1. The van der Waals surface area contributed by atoms with Gasteiger partial charge in [0.05, 0.1) is 0 Å². The number of hydrogen-bond acceptors (Lipinski definition) is 6. The molecular weight excluding hydrogens is 214 g/mol. The molecular formula is C8H13N5OS. The summed E-state index contributed by atoms with van der Waals surface area (Å²) >= 11 is 1.31. The molecule has 1 unspecified atom stereocenters. The van der Waals surface area contributed by atoms with Crippen molar-refractivity contribution in [3.05, 3.63) is 5.82 Å². The highest BCUT2D eigenvalue weighted by molar-refractivity contribution is 7.09. The first-order valence-corrected chi connectivity index (χ1v) is 5.53. The highest BCUT2D eigenvalue weighted by Crippen LogP contribution is 2.20. The predicted octanol–water partition coefficient (Wildman–Crippen LogP) is -0.890. The van der Waals surface area contributed by atoms with E-state index in [1.165, 1.54) is 11.5 Å². The van der Waals surface area contributed by atoms with Gasteiger partial charge in [-0.15, -0.1) is 0 Å². The fraction of sp³-hybridized carbons (Fsp3) is 0.625. The van der Waals surface area contributed by atoms with Crippen LogP contribution in [-0.4, -0.2) is 40.9 Å². The molecule has 0 spiro atoms. The molecule has 1 aliphatic rings. The Balaban J connectivity index is 2.21. The van der Waals surface area contributed by atoms with Crippen LogP contribution in [0.5, 0.6) is 0 Å². The van der Waals surface area contributed by atoms with Crippen molar-refractivity contribution in [2.24, 2.45) is 5.73 Å². The number of piperazine rings is 1. The molecule has 0 bridgehead atoms. The lowest BCUT2D eigenvalue weighted by atomic mass is 10.2. The van der Waals surface area contributed by atoms with Gasteiger partial charge in [-0.05, 0) is 6.92 Å². The summed E-state index contributed by atoms with van der Waals surface area (Å²) < 4.78 is 4.10. The number of carbonyl (C=O) groups excluding carboxylic acids is 1. The maximum atomic E-state index is 11.2. The van der Waals surface area contributed by atoms with Gasteiger partial charge in [-0.2, -0.15) is 4.37 Å². The third kappa shape index (κ3) is 2.07. The molecule has 1 atom stereocenters. The molecule has 0 aromatic carbocycles. The molecule has 0 aliphatic carbocycles. The molecule has 1 amide bonds. The number of anilines is 1. The highest BCUT2D eigenvalue weighted by atomic mass is 32.1. The molecule has 1 aromatic rings. The Kier molecular flexibility index (Phi) is 2.83. The zero-order valence-corrected chi connectivity index (χ0v) is 9.25. The smallest absolute Gasteiger partial charge is 0.241 e. The maximum Gasteiger partial charge on any atom is 0.241 e. The van der Waals surface area contributed by atoms with Crippen LogP contribution in [-0.2, 0) is 4.79 Å². The number of rotatable bonds is 2. The summed E-state index contributed by atoms with van der Waals surface area (Å²) in [5.74, 6) is 0.409. The number of nitrogens with zero attached hydrogens (tertiary/aromatic N) is 3. The van der Waals surface area contributed by atoms with E-state index in [1.807, 2.05) is 11.8 Å². The largest absolute Gasteiger partial charge is 0.368 e. The fourth-order valence-corrected chi connectivity index (χ4v) is 2.34. The molecule has 6 nitrogen and oxygen atoms in total. The number of carbonyl (C=O) groups is 1. The minimum atomic E-state index is -0.324. The lowest BCUT2D eigenvalue weighted by Crippen LogP contribution is -2.57. The van der Waals surface area contributed by atoms with Gasteiger partial charge in [0, 0.05) is 31.2 Å². The molecule has 1 aromatic heterocycles. The number of nitrogens with two attached hydrogens (primary N) is 1. The SMILES string of the molecule is Cc1nsc(N2CCNCC2C(N)=O)n1. The maximum absolute atomic E-state index is 11.2. The van der Waals surface area contributed by atoms with Crippen LogP contribution in [0.2, 0.25) is 0 Å². The van der Waals surface area contributed by atoms with E-state index in [0.29, 0.717) is 6.54 Å². The molecule has 7 heteroatoms. The summed E-state index contributed by atoms with van der Waals surface area (Å²) in [7, 11) is 0. The summed E-state index contributed by atoms with van der Waals surface area (Å²) in [5.41, 5.74) is 5.34. The van der Waals surface area contributed by atoms with Crippen LogP contribution >= 0.6 is 11.5 Å². The van der Waals surface area contributed by atoms with Crippen molar-refractivity contribution in [2.45, 2.75) is 13.0 Å². The van der Waals surface area contributed by atoms with Crippen LogP contribution in [0, 0.1) is 6.92 Å². The van der Waals surface area contributed by atoms with Crippen molar-refractivity contribution in [2.75, 3.05) is 24.5 Å². The van der Waals surface area contributed by atoms with Gasteiger partial charge in [0.15, 0.2) is 0 Å². The first kappa shape index (κ1) is 10.3. The third-order valence-electron chi connectivity index (χ3n) is 2.33. The quantitative estimate of drug-likeness (QED) is 0.684. The number of aromatic nitrogens is 2. The Bertz CT molecular complexity index is 366. The molecule has 0 radical (unpaired) electrons. The van der Waals surface area contributed by atoms with E-state index < -0.39 is 0 Å². The Morgan fingerprint density at radius 1 is 1.73 bits per heavy atom. The summed E-state index contributed by atoms with van der Waals surface area (Å²) in [6, 6.07) is -0.314. The molecule has 15 heavy (non-hydrogen) atoms. The first-order valence-electron chi connectivity index (χ1n) is 4.75. The molecule has 1 saturated heterocycles. The predicted molar refractivity (Wildman–Crippen MR) is 57.8 cm³/mol. The number of hydrogen-bond donors (Lipinski definition) is 2.